The monoisotopic (exact) mass is 376 g/mol. The number of benzene rings is 1. The third-order valence-electron chi connectivity index (χ3n) is 3.72. The fraction of sp³-hybridized carbons (Fsp3) is 0.235. The lowest BCUT2D eigenvalue weighted by Crippen LogP contribution is -1.97. The number of ether oxygens (including phenoxy) is 2. The Morgan fingerprint density at radius 3 is 2.65 bits per heavy atom. The number of methoxy groups -OCH3 is 2. The van der Waals surface area contributed by atoms with Crippen molar-refractivity contribution in [2.24, 2.45) is 0 Å². The van der Waals surface area contributed by atoms with Gasteiger partial charge < -0.3 is 14.6 Å². The predicted octanol–water partition coefficient (Wildman–Crippen LogP) is 3.58. The lowest BCUT2D eigenvalue weighted by atomic mass is 10.1. The van der Waals surface area contributed by atoms with Crippen LogP contribution in [0.3, 0.4) is 0 Å². The maximum atomic E-state index is 9.89. The first kappa shape index (κ1) is 15.8. The van der Waals surface area contributed by atoms with E-state index in [1.54, 1.807) is 14.2 Å². The molecule has 3 aromatic rings. The summed E-state index contributed by atoms with van der Waals surface area (Å²) in [6.07, 6.45) is 1.95. The van der Waals surface area contributed by atoms with Crippen LogP contribution in [0.4, 0.5) is 0 Å². The first-order valence-corrected chi connectivity index (χ1v) is 7.88. The summed E-state index contributed by atoms with van der Waals surface area (Å²) in [6.45, 7) is 1.86. The molecule has 0 aliphatic rings. The Labute approximate surface area is 142 Å². The molecule has 2 aromatic heterocycles. The molecule has 1 aromatic carbocycles. The molecule has 23 heavy (non-hydrogen) atoms. The van der Waals surface area contributed by atoms with E-state index < -0.39 is 0 Å². The number of aromatic nitrogens is 2. The molecular formula is C17H17BrN2O3. The van der Waals surface area contributed by atoms with Gasteiger partial charge in [0.25, 0.3) is 0 Å². The average molecular weight is 377 g/mol. The van der Waals surface area contributed by atoms with Crippen LogP contribution < -0.4 is 9.47 Å². The minimum Gasteiger partial charge on any atom is -0.497 e. The highest BCUT2D eigenvalue weighted by molar-refractivity contribution is 9.10. The molecule has 3 rings (SSSR count). The van der Waals surface area contributed by atoms with Crippen LogP contribution >= 0.6 is 15.9 Å². The fourth-order valence-corrected chi connectivity index (χ4v) is 3.29. The lowest BCUT2D eigenvalue weighted by Gasteiger charge is -2.10. The van der Waals surface area contributed by atoms with Crippen LogP contribution in [0, 0.1) is 6.92 Å². The van der Waals surface area contributed by atoms with Gasteiger partial charge in [0, 0.05) is 11.8 Å². The highest BCUT2D eigenvalue weighted by Gasteiger charge is 2.19. The number of fused-ring (bicyclic) bond motifs is 1. The van der Waals surface area contributed by atoms with E-state index in [1.165, 1.54) is 0 Å². The van der Waals surface area contributed by atoms with E-state index in [9.17, 15) is 5.11 Å². The first-order valence-electron chi connectivity index (χ1n) is 7.09. The van der Waals surface area contributed by atoms with Gasteiger partial charge in [0.1, 0.15) is 11.5 Å². The maximum absolute atomic E-state index is 9.89. The molecule has 0 bridgehead atoms. The van der Waals surface area contributed by atoms with Crippen molar-refractivity contribution in [3.8, 4) is 22.8 Å². The van der Waals surface area contributed by atoms with E-state index in [0.29, 0.717) is 22.9 Å². The van der Waals surface area contributed by atoms with Gasteiger partial charge in [-0.1, -0.05) is 0 Å². The highest BCUT2D eigenvalue weighted by Crippen LogP contribution is 2.36. The van der Waals surface area contributed by atoms with Gasteiger partial charge in [-0.15, -0.1) is 0 Å². The van der Waals surface area contributed by atoms with E-state index in [0.717, 1.165) is 21.2 Å². The molecule has 0 saturated heterocycles. The number of hydrogen-bond acceptors (Lipinski definition) is 4. The SMILES string of the molecule is COc1ccc(OC)c(-c2nc3c(Br)cc(C)cn3c2CO)c1. The second-order valence-corrected chi connectivity index (χ2v) is 6.04. The van der Waals surface area contributed by atoms with Crippen molar-refractivity contribution in [3.63, 3.8) is 0 Å². The number of imidazole rings is 1. The van der Waals surface area contributed by atoms with Gasteiger partial charge in [-0.05, 0) is 52.7 Å². The lowest BCUT2D eigenvalue weighted by molar-refractivity contribution is 0.276. The van der Waals surface area contributed by atoms with Crippen molar-refractivity contribution in [2.45, 2.75) is 13.5 Å². The van der Waals surface area contributed by atoms with Gasteiger partial charge in [0.05, 0.1) is 36.7 Å². The van der Waals surface area contributed by atoms with Crippen LogP contribution in [0.5, 0.6) is 11.5 Å². The zero-order chi connectivity index (χ0) is 16.6. The van der Waals surface area contributed by atoms with Gasteiger partial charge in [-0.25, -0.2) is 4.98 Å². The summed E-state index contributed by atoms with van der Waals surface area (Å²) < 4.78 is 13.5. The van der Waals surface area contributed by atoms with Crippen molar-refractivity contribution in [1.29, 1.82) is 0 Å². The Morgan fingerprint density at radius 2 is 2.00 bits per heavy atom. The van der Waals surface area contributed by atoms with Gasteiger partial charge in [0.15, 0.2) is 5.65 Å². The quantitative estimate of drug-likeness (QED) is 0.755. The van der Waals surface area contributed by atoms with Crippen LogP contribution in [0.2, 0.25) is 0 Å². The third kappa shape index (κ3) is 2.68. The average Bonchev–Trinajstić information content (AvgIpc) is 2.92. The normalized spacial score (nSPS) is 11.0. The van der Waals surface area contributed by atoms with Crippen LogP contribution in [-0.4, -0.2) is 28.7 Å². The number of nitrogens with zero attached hydrogens (tertiary/aromatic N) is 2. The number of hydrogen-bond donors (Lipinski definition) is 1. The maximum Gasteiger partial charge on any atom is 0.152 e. The van der Waals surface area contributed by atoms with Crippen LogP contribution in [-0.2, 0) is 6.61 Å². The smallest absolute Gasteiger partial charge is 0.152 e. The molecule has 2 heterocycles. The molecule has 0 atom stereocenters. The van der Waals surface area contributed by atoms with E-state index >= 15 is 0 Å². The van der Waals surface area contributed by atoms with E-state index in [2.05, 4.69) is 15.9 Å². The van der Waals surface area contributed by atoms with Gasteiger partial charge in [-0.2, -0.15) is 0 Å². The highest BCUT2D eigenvalue weighted by atomic mass is 79.9. The van der Waals surface area contributed by atoms with Crippen LogP contribution in [0.25, 0.3) is 16.9 Å². The third-order valence-corrected chi connectivity index (χ3v) is 4.31. The molecular weight excluding hydrogens is 360 g/mol. The number of rotatable bonds is 4. The van der Waals surface area contributed by atoms with Gasteiger partial charge in [0.2, 0.25) is 0 Å². The number of pyridine rings is 1. The summed E-state index contributed by atoms with van der Waals surface area (Å²) in [5, 5.41) is 9.89. The Bertz CT molecular complexity index is 874. The van der Waals surface area contributed by atoms with Crippen LogP contribution in [0.15, 0.2) is 34.9 Å². The molecule has 0 amide bonds. The Kier molecular flexibility index (Phi) is 4.28. The Balaban J connectivity index is 2.34. The molecule has 120 valence electrons. The fourth-order valence-electron chi connectivity index (χ4n) is 2.64. The van der Waals surface area contributed by atoms with E-state index in [4.69, 9.17) is 14.5 Å². The summed E-state index contributed by atoms with van der Waals surface area (Å²) in [5.74, 6) is 1.38. The van der Waals surface area contributed by atoms with E-state index in [-0.39, 0.29) is 6.61 Å². The number of halogens is 1. The molecule has 6 heteroatoms. The minimum atomic E-state index is -0.132. The van der Waals surface area contributed by atoms with Crippen molar-refractivity contribution in [1.82, 2.24) is 9.38 Å². The summed E-state index contributed by atoms with van der Waals surface area (Å²) in [4.78, 5) is 4.70. The first-order chi connectivity index (χ1) is 11.1. The molecule has 0 aliphatic heterocycles. The van der Waals surface area contributed by atoms with Crippen molar-refractivity contribution in [3.05, 3.63) is 46.2 Å². The van der Waals surface area contributed by atoms with Crippen molar-refractivity contribution in [2.75, 3.05) is 14.2 Å². The number of aryl methyl sites for hydroxylation is 1. The topological polar surface area (TPSA) is 56.0 Å². The summed E-state index contributed by atoms with van der Waals surface area (Å²) in [5.41, 5.74) is 3.98. The number of aliphatic hydroxyl groups excluding tert-OH is 1. The molecule has 0 saturated carbocycles. The minimum absolute atomic E-state index is 0.132. The second-order valence-electron chi connectivity index (χ2n) is 5.19. The second kappa shape index (κ2) is 6.22. The zero-order valence-corrected chi connectivity index (χ0v) is 14.7. The zero-order valence-electron chi connectivity index (χ0n) is 13.1. The molecule has 0 spiro atoms. The summed E-state index contributed by atoms with van der Waals surface area (Å²) in [7, 11) is 3.22. The summed E-state index contributed by atoms with van der Waals surface area (Å²) in [6, 6.07) is 7.52. The van der Waals surface area contributed by atoms with Crippen LogP contribution in [0.1, 0.15) is 11.3 Å². The molecule has 5 nitrogen and oxygen atoms in total. The largest absolute Gasteiger partial charge is 0.497 e. The molecule has 1 N–H and O–H groups in total. The van der Waals surface area contributed by atoms with Gasteiger partial charge >= 0.3 is 0 Å². The predicted molar refractivity (Wildman–Crippen MR) is 92.1 cm³/mol. The van der Waals surface area contributed by atoms with Gasteiger partial charge in [-0.3, -0.25) is 4.40 Å². The van der Waals surface area contributed by atoms with E-state index in [1.807, 2.05) is 41.8 Å². The molecule has 0 fully saturated rings. The van der Waals surface area contributed by atoms with Crippen molar-refractivity contribution < 1.29 is 14.6 Å². The molecule has 0 unspecified atom stereocenters. The molecule has 0 aliphatic carbocycles. The summed E-state index contributed by atoms with van der Waals surface area (Å²) >= 11 is 3.54. The molecule has 0 radical (unpaired) electrons. The van der Waals surface area contributed by atoms with Crippen molar-refractivity contribution >= 4 is 21.6 Å². The number of aliphatic hydroxyl groups is 1. The Morgan fingerprint density at radius 1 is 1.22 bits per heavy atom. The standard InChI is InChI=1S/C17H17BrN2O3/c1-10-6-13(18)17-19-16(14(9-21)20(17)8-10)12-7-11(22-2)4-5-15(12)23-3/h4-8,21H,9H2,1-3H3. The Hall–Kier alpha value is -2.05.